The van der Waals surface area contributed by atoms with Gasteiger partial charge in [-0.15, -0.1) is 11.3 Å². The van der Waals surface area contributed by atoms with E-state index in [1.54, 1.807) is 0 Å². The van der Waals surface area contributed by atoms with Gasteiger partial charge in [0.05, 0.1) is 0 Å². The quantitative estimate of drug-likeness (QED) is 0.734. The van der Waals surface area contributed by atoms with E-state index in [0.29, 0.717) is 0 Å². The number of halogens is 1. The van der Waals surface area contributed by atoms with Gasteiger partial charge in [-0.1, -0.05) is 6.42 Å². The van der Waals surface area contributed by atoms with Crippen LogP contribution in [0.5, 0.6) is 0 Å². The fraction of sp³-hybridized carbons (Fsp3) is 0.714. The van der Waals surface area contributed by atoms with Gasteiger partial charge in [0.15, 0.2) is 0 Å². The van der Waals surface area contributed by atoms with Crippen molar-refractivity contribution in [1.82, 2.24) is 5.32 Å². The van der Waals surface area contributed by atoms with E-state index in [9.17, 15) is 0 Å². The van der Waals surface area contributed by atoms with E-state index in [-0.39, 0.29) is 5.54 Å². The molecule has 0 unspecified atom stereocenters. The lowest BCUT2D eigenvalue weighted by Crippen LogP contribution is -2.36. The minimum absolute atomic E-state index is 0.260. The number of nitrogens with one attached hydrogen (secondary N) is 1. The molecule has 17 heavy (non-hydrogen) atoms. The van der Waals surface area contributed by atoms with Crippen molar-refractivity contribution in [2.24, 2.45) is 0 Å². The minimum atomic E-state index is 0.260. The highest BCUT2D eigenvalue weighted by molar-refractivity contribution is 9.10. The largest absolute Gasteiger partial charge is 0.312 e. The predicted molar refractivity (Wildman–Crippen MR) is 82.1 cm³/mol. The number of thiophene rings is 1. The summed E-state index contributed by atoms with van der Waals surface area (Å²) in [7, 11) is 0. The Morgan fingerprint density at radius 2 is 1.94 bits per heavy atom. The van der Waals surface area contributed by atoms with Gasteiger partial charge in [-0.05, 0) is 75.5 Å². The van der Waals surface area contributed by atoms with Gasteiger partial charge in [0.1, 0.15) is 0 Å². The summed E-state index contributed by atoms with van der Waals surface area (Å²) in [5.41, 5.74) is 0.260. The molecule has 0 aliphatic heterocycles. The molecule has 0 atom stereocenters. The summed E-state index contributed by atoms with van der Waals surface area (Å²) >= 11 is 5.49. The zero-order chi connectivity index (χ0) is 12.9. The maximum Gasteiger partial charge on any atom is 0.0314 e. The number of rotatable bonds is 6. The highest BCUT2D eigenvalue weighted by Gasteiger charge is 2.07. The van der Waals surface area contributed by atoms with Crippen molar-refractivity contribution in [3.63, 3.8) is 0 Å². The molecule has 0 aliphatic carbocycles. The third-order valence-electron chi connectivity index (χ3n) is 2.66. The maximum absolute atomic E-state index is 3.57. The van der Waals surface area contributed by atoms with Crippen LogP contribution in [-0.4, -0.2) is 12.1 Å². The van der Waals surface area contributed by atoms with Gasteiger partial charge in [0, 0.05) is 19.8 Å². The normalized spacial score (nSPS) is 12.1. The van der Waals surface area contributed by atoms with E-state index in [4.69, 9.17) is 0 Å². The third-order valence-corrected chi connectivity index (χ3v) is 4.86. The molecule has 3 heteroatoms. The average Bonchev–Trinajstić information content (AvgIpc) is 2.50. The third kappa shape index (κ3) is 6.58. The molecule has 0 saturated carbocycles. The molecule has 1 aromatic heterocycles. The van der Waals surface area contributed by atoms with Gasteiger partial charge in [-0.3, -0.25) is 0 Å². The second kappa shape index (κ2) is 6.91. The smallest absolute Gasteiger partial charge is 0.0314 e. The fourth-order valence-electron chi connectivity index (χ4n) is 1.71. The number of hydrogen-bond donors (Lipinski definition) is 1. The summed E-state index contributed by atoms with van der Waals surface area (Å²) in [6.45, 7) is 9.97. The van der Waals surface area contributed by atoms with Gasteiger partial charge < -0.3 is 5.32 Å². The molecule has 1 rings (SSSR count). The van der Waals surface area contributed by atoms with Gasteiger partial charge in [0.2, 0.25) is 0 Å². The molecule has 0 aromatic carbocycles. The van der Waals surface area contributed by atoms with E-state index in [1.165, 1.54) is 39.9 Å². The molecule has 0 aliphatic rings. The van der Waals surface area contributed by atoms with Crippen LogP contribution in [0.15, 0.2) is 10.5 Å². The van der Waals surface area contributed by atoms with Gasteiger partial charge in [-0.2, -0.15) is 0 Å². The Bertz CT molecular complexity index is 319. The summed E-state index contributed by atoms with van der Waals surface area (Å²) in [5.74, 6) is 0. The van der Waals surface area contributed by atoms with Crippen LogP contribution in [0.2, 0.25) is 0 Å². The molecule has 0 amide bonds. The Kier molecular flexibility index (Phi) is 6.18. The lowest BCUT2D eigenvalue weighted by molar-refractivity contribution is 0.417. The Morgan fingerprint density at radius 1 is 1.24 bits per heavy atom. The Hall–Kier alpha value is 0.140. The number of aryl methyl sites for hydroxylation is 2. The minimum Gasteiger partial charge on any atom is -0.312 e. The summed E-state index contributed by atoms with van der Waals surface area (Å²) in [5, 5.41) is 3.53. The second-order valence-electron chi connectivity index (χ2n) is 5.60. The van der Waals surface area contributed by atoms with Crippen LogP contribution in [0, 0.1) is 6.92 Å². The van der Waals surface area contributed by atoms with Crippen LogP contribution < -0.4 is 5.32 Å². The lowest BCUT2D eigenvalue weighted by Gasteiger charge is -2.20. The first-order valence-corrected chi connectivity index (χ1v) is 7.99. The van der Waals surface area contributed by atoms with Crippen molar-refractivity contribution in [2.45, 2.75) is 58.9 Å². The van der Waals surface area contributed by atoms with E-state index in [2.05, 4.69) is 55.0 Å². The zero-order valence-electron chi connectivity index (χ0n) is 11.4. The van der Waals surface area contributed by atoms with E-state index < -0.39 is 0 Å². The van der Waals surface area contributed by atoms with Crippen LogP contribution in [0.25, 0.3) is 0 Å². The van der Waals surface area contributed by atoms with Gasteiger partial charge >= 0.3 is 0 Å². The van der Waals surface area contributed by atoms with Crippen molar-refractivity contribution < 1.29 is 0 Å². The fourth-order valence-corrected chi connectivity index (χ4v) is 3.35. The van der Waals surface area contributed by atoms with Crippen molar-refractivity contribution in [3.05, 3.63) is 20.3 Å². The Morgan fingerprint density at radius 3 is 2.47 bits per heavy atom. The van der Waals surface area contributed by atoms with Crippen LogP contribution in [-0.2, 0) is 6.42 Å². The molecular formula is C14H24BrNS. The van der Waals surface area contributed by atoms with Crippen molar-refractivity contribution in [1.29, 1.82) is 0 Å². The highest BCUT2D eigenvalue weighted by Crippen LogP contribution is 2.27. The molecule has 0 saturated heterocycles. The molecule has 0 bridgehead atoms. The van der Waals surface area contributed by atoms with E-state index in [1.807, 2.05) is 11.3 Å². The highest BCUT2D eigenvalue weighted by atomic mass is 79.9. The van der Waals surface area contributed by atoms with Gasteiger partial charge in [-0.25, -0.2) is 0 Å². The van der Waals surface area contributed by atoms with Crippen molar-refractivity contribution in [3.8, 4) is 0 Å². The number of unbranched alkanes of at least 4 members (excludes halogenated alkanes) is 2. The molecule has 0 fully saturated rings. The second-order valence-corrected chi connectivity index (χ2v) is 7.80. The Balaban J connectivity index is 2.09. The monoisotopic (exact) mass is 317 g/mol. The van der Waals surface area contributed by atoms with E-state index >= 15 is 0 Å². The summed E-state index contributed by atoms with van der Waals surface area (Å²) in [6.07, 6.45) is 5.13. The zero-order valence-corrected chi connectivity index (χ0v) is 13.8. The molecule has 1 N–H and O–H groups in total. The summed E-state index contributed by atoms with van der Waals surface area (Å²) in [4.78, 5) is 2.91. The number of hydrogen-bond acceptors (Lipinski definition) is 2. The van der Waals surface area contributed by atoms with Crippen LogP contribution >= 0.6 is 27.3 Å². The Labute approximate surface area is 118 Å². The molecule has 1 aromatic rings. The van der Waals surface area contributed by atoms with Crippen LogP contribution in [0.1, 0.15) is 49.8 Å². The molecule has 1 nitrogen and oxygen atoms in total. The molecule has 1 heterocycles. The summed E-state index contributed by atoms with van der Waals surface area (Å²) < 4.78 is 1.27. The average molecular weight is 318 g/mol. The first kappa shape index (κ1) is 15.2. The van der Waals surface area contributed by atoms with Crippen LogP contribution in [0.4, 0.5) is 0 Å². The predicted octanol–water partition coefficient (Wildman–Crippen LogP) is 4.92. The molecule has 0 radical (unpaired) electrons. The molecular weight excluding hydrogens is 294 g/mol. The summed E-state index contributed by atoms with van der Waals surface area (Å²) in [6, 6.07) is 2.27. The topological polar surface area (TPSA) is 12.0 Å². The first-order chi connectivity index (χ1) is 7.88. The van der Waals surface area contributed by atoms with Gasteiger partial charge in [0.25, 0.3) is 0 Å². The van der Waals surface area contributed by atoms with Crippen molar-refractivity contribution in [2.75, 3.05) is 6.54 Å². The lowest BCUT2D eigenvalue weighted by atomic mass is 10.1. The van der Waals surface area contributed by atoms with Crippen molar-refractivity contribution >= 4 is 27.3 Å². The SMILES string of the molecule is Cc1sc(CCCCCNC(C)(C)C)cc1Br. The van der Waals surface area contributed by atoms with Crippen LogP contribution in [0.3, 0.4) is 0 Å². The van der Waals surface area contributed by atoms with E-state index in [0.717, 1.165) is 6.54 Å². The molecule has 0 spiro atoms. The maximum atomic E-state index is 3.57. The first-order valence-electron chi connectivity index (χ1n) is 6.38. The standard InChI is InChI=1S/C14H24BrNS/c1-11-13(15)10-12(17-11)8-6-5-7-9-16-14(2,3)4/h10,16H,5-9H2,1-4H3. The molecule has 98 valence electrons.